The van der Waals surface area contributed by atoms with E-state index in [-0.39, 0.29) is 11.5 Å². The van der Waals surface area contributed by atoms with E-state index in [4.69, 9.17) is 0 Å². The first kappa shape index (κ1) is 14.2. The Kier molecular flexibility index (Phi) is 4.02. The van der Waals surface area contributed by atoms with Gasteiger partial charge in [-0.1, -0.05) is 36.4 Å². The Bertz CT molecular complexity index is 639. The summed E-state index contributed by atoms with van der Waals surface area (Å²) in [6.45, 7) is 0. The maximum absolute atomic E-state index is 13.8. The second-order valence-corrected chi connectivity index (χ2v) is 5.68. The van der Waals surface area contributed by atoms with E-state index in [1.54, 1.807) is 0 Å². The zero-order valence-corrected chi connectivity index (χ0v) is 11.7. The van der Waals surface area contributed by atoms with Gasteiger partial charge >= 0.3 is 0 Å². The number of aryl methyl sites for hydroxylation is 1. The van der Waals surface area contributed by atoms with Crippen LogP contribution in [0.3, 0.4) is 0 Å². The van der Waals surface area contributed by atoms with Crippen molar-refractivity contribution < 1.29 is 13.9 Å². The molecular formula is C18H18F2O. The lowest BCUT2D eigenvalue weighted by molar-refractivity contribution is 0.148. The molecule has 2 unspecified atom stereocenters. The van der Waals surface area contributed by atoms with Crippen LogP contribution in [-0.2, 0) is 6.42 Å². The highest BCUT2D eigenvalue weighted by Gasteiger charge is 2.25. The molecule has 0 aromatic heterocycles. The van der Waals surface area contributed by atoms with Crippen molar-refractivity contribution >= 4 is 0 Å². The van der Waals surface area contributed by atoms with E-state index in [2.05, 4.69) is 12.1 Å². The molecule has 1 aliphatic rings. The Balaban J connectivity index is 1.83. The topological polar surface area (TPSA) is 20.2 Å². The molecular weight excluding hydrogens is 270 g/mol. The standard InChI is InChI=1S/C18H18F2O/c19-16-10-4-9-15(18(16)20)17(21)11-13-7-3-6-12-5-1-2-8-14(12)13/h1-2,4-5,8-10,13,17,21H,3,6-7,11H2. The van der Waals surface area contributed by atoms with Crippen molar-refractivity contribution in [3.63, 3.8) is 0 Å². The van der Waals surface area contributed by atoms with Gasteiger partial charge in [0.2, 0.25) is 0 Å². The van der Waals surface area contributed by atoms with Crippen molar-refractivity contribution in [3.05, 3.63) is 70.8 Å². The zero-order chi connectivity index (χ0) is 14.8. The number of hydrogen-bond acceptors (Lipinski definition) is 1. The number of hydrogen-bond donors (Lipinski definition) is 1. The molecule has 3 heteroatoms. The van der Waals surface area contributed by atoms with Crippen LogP contribution in [0.2, 0.25) is 0 Å². The van der Waals surface area contributed by atoms with E-state index in [0.29, 0.717) is 6.42 Å². The van der Waals surface area contributed by atoms with Crippen molar-refractivity contribution in [2.75, 3.05) is 0 Å². The van der Waals surface area contributed by atoms with E-state index in [1.807, 2.05) is 12.1 Å². The summed E-state index contributed by atoms with van der Waals surface area (Å²) in [5.74, 6) is -1.64. The Morgan fingerprint density at radius 1 is 1.10 bits per heavy atom. The van der Waals surface area contributed by atoms with Crippen molar-refractivity contribution in [2.24, 2.45) is 0 Å². The Hall–Kier alpha value is -1.74. The summed E-state index contributed by atoms with van der Waals surface area (Å²) in [7, 11) is 0. The number of fused-ring (bicyclic) bond motifs is 1. The third kappa shape index (κ3) is 2.84. The maximum atomic E-state index is 13.8. The van der Waals surface area contributed by atoms with Crippen LogP contribution in [0.1, 0.15) is 48.0 Å². The minimum absolute atomic E-state index is 0.0538. The first-order valence-corrected chi connectivity index (χ1v) is 7.36. The molecule has 0 amide bonds. The molecule has 0 saturated heterocycles. The SMILES string of the molecule is OC(CC1CCCc2ccccc21)c1cccc(F)c1F. The first-order valence-electron chi connectivity index (χ1n) is 7.36. The normalized spacial score (nSPS) is 19.1. The van der Waals surface area contributed by atoms with Gasteiger partial charge in [0.1, 0.15) is 0 Å². The molecule has 110 valence electrons. The van der Waals surface area contributed by atoms with Crippen molar-refractivity contribution in [2.45, 2.75) is 37.7 Å². The molecule has 1 N–H and O–H groups in total. The molecule has 0 radical (unpaired) electrons. The summed E-state index contributed by atoms with van der Waals surface area (Å²) in [6, 6.07) is 12.2. The van der Waals surface area contributed by atoms with Crippen LogP contribution >= 0.6 is 0 Å². The van der Waals surface area contributed by atoms with Crippen LogP contribution in [-0.4, -0.2) is 5.11 Å². The number of benzene rings is 2. The predicted octanol–water partition coefficient (Wildman–Crippen LogP) is 4.51. The van der Waals surface area contributed by atoms with E-state index >= 15 is 0 Å². The molecule has 2 atom stereocenters. The quantitative estimate of drug-likeness (QED) is 0.881. The fraction of sp³-hybridized carbons (Fsp3) is 0.333. The highest BCUT2D eigenvalue weighted by Crippen LogP contribution is 2.38. The van der Waals surface area contributed by atoms with Gasteiger partial charge in [-0.25, -0.2) is 8.78 Å². The van der Waals surface area contributed by atoms with Gasteiger partial charge in [0.25, 0.3) is 0 Å². The van der Waals surface area contributed by atoms with Crippen molar-refractivity contribution in [1.82, 2.24) is 0 Å². The molecule has 2 aromatic carbocycles. The molecule has 0 saturated carbocycles. The van der Waals surface area contributed by atoms with Gasteiger partial charge in [-0.3, -0.25) is 0 Å². The Morgan fingerprint density at radius 3 is 2.76 bits per heavy atom. The molecule has 2 aromatic rings. The molecule has 3 rings (SSSR count). The van der Waals surface area contributed by atoms with Crippen LogP contribution in [0.15, 0.2) is 42.5 Å². The molecule has 0 aliphatic heterocycles. The van der Waals surface area contributed by atoms with Gasteiger partial charge < -0.3 is 5.11 Å². The number of aliphatic hydroxyl groups is 1. The first-order chi connectivity index (χ1) is 10.2. The monoisotopic (exact) mass is 288 g/mol. The van der Waals surface area contributed by atoms with Crippen LogP contribution in [0.4, 0.5) is 8.78 Å². The lowest BCUT2D eigenvalue weighted by Crippen LogP contribution is -2.14. The van der Waals surface area contributed by atoms with Gasteiger partial charge in [-0.2, -0.15) is 0 Å². The van der Waals surface area contributed by atoms with Crippen LogP contribution < -0.4 is 0 Å². The summed E-state index contributed by atoms with van der Waals surface area (Å²) in [5.41, 5.74) is 2.60. The second kappa shape index (κ2) is 5.94. The summed E-state index contributed by atoms with van der Waals surface area (Å²) < 4.78 is 27.0. The predicted molar refractivity (Wildman–Crippen MR) is 78.1 cm³/mol. The molecule has 0 fully saturated rings. The lowest BCUT2D eigenvalue weighted by Gasteiger charge is -2.27. The average molecular weight is 288 g/mol. The Morgan fingerprint density at radius 2 is 1.90 bits per heavy atom. The maximum Gasteiger partial charge on any atom is 0.164 e. The summed E-state index contributed by atoms with van der Waals surface area (Å²) in [5, 5.41) is 10.3. The van der Waals surface area contributed by atoms with Crippen LogP contribution in [0, 0.1) is 11.6 Å². The fourth-order valence-corrected chi connectivity index (χ4v) is 3.27. The molecule has 0 heterocycles. The van der Waals surface area contributed by atoms with Gasteiger partial charge in [-0.05, 0) is 48.8 Å². The third-order valence-electron chi connectivity index (χ3n) is 4.34. The van der Waals surface area contributed by atoms with E-state index in [9.17, 15) is 13.9 Å². The van der Waals surface area contributed by atoms with Gasteiger partial charge in [0, 0.05) is 5.56 Å². The molecule has 1 nitrogen and oxygen atoms in total. The number of rotatable bonds is 3. The molecule has 1 aliphatic carbocycles. The molecule has 21 heavy (non-hydrogen) atoms. The van der Waals surface area contributed by atoms with E-state index in [0.717, 1.165) is 25.3 Å². The van der Waals surface area contributed by atoms with Gasteiger partial charge in [0.05, 0.1) is 6.10 Å². The van der Waals surface area contributed by atoms with Crippen LogP contribution in [0.5, 0.6) is 0 Å². The molecule has 0 spiro atoms. The summed E-state index contributed by atoms with van der Waals surface area (Å²) in [4.78, 5) is 0. The van der Waals surface area contributed by atoms with Crippen molar-refractivity contribution in [1.29, 1.82) is 0 Å². The Labute approximate surface area is 123 Å². The lowest BCUT2D eigenvalue weighted by atomic mass is 9.79. The minimum atomic E-state index is -0.975. The third-order valence-corrected chi connectivity index (χ3v) is 4.34. The minimum Gasteiger partial charge on any atom is -0.388 e. The number of aliphatic hydroxyl groups excluding tert-OH is 1. The number of halogens is 2. The van der Waals surface area contributed by atoms with E-state index < -0.39 is 17.7 Å². The average Bonchev–Trinajstić information content (AvgIpc) is 2.50. The zero-order valence-electron chi connectivity index (χ0n) is 11.7. The highest BCUT2D eigenvalue weighted by molar-refractivity contribution is 5.33. The van der Waals surface area contributed by atoms with Gasteiger partial charge in [-0.15, -0.1) is 0 Å². The van der Waals surface area contributed by atoms with Gasteiger partial charge in [0.15, 0.2) is 11.6 Å². The second-order valence-electron chi connectivity index (χ2n) is 5.68. The smallest absolute Gasteiger partial charge is 0.164 e. The summed E-state index contributed by atoms with van der Waals surface area (Å²) in [6.07, 6.45) is 2.55. The summed E-state index contributed by atoms with van der Waals surface area (Å²) >= 11 is 0. The van der Waals surface area contributed by atoms with Crippen molar-refractivity contribution in [3.8, 4) is 0 Å². The molecule has 0 bridgehead atoms. The fourth-order valence-electron chi connectivity index (χ4n) is 3.27. The largest absolute Gasteiger partial charge is 0.388 e. The van der Waals surface area contributed by atoms with E-state index in [1.165, 1.54) is 23.3 Å². The highest BCUT2D eigenvalue weighted by atomic mass is 19.2. The van der Waals surface area contributed by atoms with Crippen LogP contribution in [0.25, 0.3) is 0 Å².